The molecule has 0 spiro atoms. The SMILES string of the molecule is C[C@@H](c1cc(CO)cc([C@H](C)C2CC2)c1O)C1CC1. The molecule has 0 saturated heterocycles. The molecule has 2 N–H and O–H groups in total. The van der Waals surface area contributed by atoms with Crippen LogP contribution >= 0.6 is 0 Å². The molecule has 0 aromatic heterocycles. The molecule has 0 radical (unpaired) electrons. The first-order chi connectivity index (χ1) is 9.11. The predicted octanol–water partition coefficient (Wildman–Crippen LogP) is 3.91. The van der Waals surface area contributed by atoms with Crippen LogP contribution in [0.1, 0.15) is 68.1 Å². The third-order valence-electron chi connectivity index (χ3n) is 5.05. The number of hydrogen-bond acceptors (Lipinski definition) is 2. The van der Waals surface area contributed by atoms with Gasteiger partial charge in [0.2, 0.25) is 0 Å². The summed E-state index contributed by atoms with van der Waals surface area (Å²) in [6.45, 7) is 4.48. The lowest BCUT2D eigenvalue weighted by molar-refractivity contribution is 0.281. The van der Waals surface area contributed by atoms with Crippen LogP contribution in [0.4, 0.5) is 0 Å². The minimum Gasteiger partial charge on any atom is -0.507 e. The molecule has 2 heteroatoms. The first-order valence-electron chi connectivity index (χ1n) is 7.58. The van der Waals surface area contributed by atoms with Gasteiger partial charge in [-0.25, -0.2) is 0 Å². The van der Waals surface area contributed by atoms with Crippen molar-refractivity contribution in [2.75, 3.05) is 0 Å². The van der Waals surface area contributed by atoms with Crippen molar-refractivity contribution >= 4 is 0 Å². The number of aromatic hydroxyl groups is 1. The molecular weight excluding hydrogens is 236 g/mol. The van der Waals surface area contributed by atoms with Crippen LogP contribution in [0.25, 0.3) is 0 Å². The standard InChI is InChI=1S/C17H24O2/c1-10(13-3-4-13)15-7-12(9-18)8-16(17(15)19)11(2)14-5-6-14/h7-8,10-11,13-14,18-19H,3-6,9H2,1-2H3/t10-,11-/m1/s1. The highest BCUT2D eigenvalue weighted by atomic mass is 16.3. The van der Waals surface area contributed by atoms with E-state index in [1.165, 1.54) is 25.7 Å². The van der Waals surface area contributed by atoms with E-state index in [-0.39, 0.29) is 6.61 Å². The maximum Gasteiger partial charge on any atom is 0.122 e. The summed E-state index contributed by atoms with van der Waals surface area (Å²) in [6.07, 6.45) is 5.10. The molecule has 2 aliphatic carbocycles. The highest BCUT2D eigenvalue weighted by molar-refractivity contribution is 5.48. The monoisotopic (exact) mass is 260 g/mol. The van der Waals surface area contributed by atoms with Crippen LogP contribution in [-0.4, -0.2) is 10.2 Å². The number of hydrogen-bond donors (Lipinski definition) is 2. The molecule has 2 saturated carbocycles. The van der Waals surface area contributed by atoms with Gasteiger partial charge in [0.25, 0.3) is 0 Å². The smallest absolute Gasteiger partial charge is 0.122 e. The van der Waals surface area contributed by atoms with Gasteiger partial charge in [-0.1, -0.05) is 13.8 Å². The van der Waals surface area contributed by atoms with Crippen molar-refractivity contribution < 1.29 is 10.2 Å². The highest BCUT2D eigenvalue weighted by Gasteiger charge is 2.34. The van der Waals surface area contributed by atoms with Crippen LogP contribution < -0.4 is 0 Å². The number of benzene rings is 1. The Labute approximate surface area is 115 Å². The highest BCUT2D eigenvalue weighted by Crippen LogP contribution is 2.49. The number of rotatable bonds is 5. The lowest BCUT2D eigenvalue weighted by Gasteiger charge is -2.20. The fourth-order valence-corrected chi connectivity index (χ4v) is 3.23. The third kappa shape index (κ3) is 2.51. The first kappa shape index (κ1) is 13.0. The second kappa shape index (κ2) is 4.82. The van der Waals surface area contributed by atoms with Crippen molar-refractivity contribution in [3.8, 4) is 5.75 Å². The summed E-state index contributed by atoms with van der Waals surface area (Å²) in [5.41, 5.74) is 3.05. The second-order valence-corrected chi connectivity index (χ2v) is 6.53. The Morgan fingerprint density at radius 3 is 1.74 bits per heavy atom. The van der Waals surface area contributed by atoms with Gasteiger partial charge in [0.1, 0.15) is 5.75 Å². The summed E-state index contributed by atoms with van der Waals surface area (Å²) < 4.78 is 0. The van der Waals surface area contributed by atoms with Crippen LogP contribution in [0.5, 0.6) is 5.75 Å². The average molecular weight is 260 g/mol. The summed E-state index contributed by atoms with van der Waals surface area (Å²) in [5, 5.41) is 20.1. The Morgan fingerprint density at radius 2 is 1.42 bits per heavy atom. The zero-order valence-corrected chi connectivity index (χ0v) is 11.9. The van der Waals surface area contributed by atoms with Gasteiger partial charge >= 0.3 is 0 Å². The molecule has 2 atom stereocenters. The van der Waals surface area contributed by atoms with E-state index in [1.807, 2.05) is 12.1 Å². The number of phenolic OH excluding ortho intramolecular Hbond substituents is 1. The Kier molecular flexibility index (Phi) is 3.30. The van der Waals surface area contributed by atoms with Crippen LogP contribution in [0.2, 0.25) is 0 Å². The van der Waals surface area contributed by atoms with Crippen molar-refractivity contribution in [3.63, 3.8) is 0 Å². The second-order valence-electron chi connectivity index (χ2n) is 6.53. The molecule has 0 amide bonds. The van der Waals surface area contributed by atoms with E-state index in [0.717, 1.165) is 28.5 Å². The molecule has 2 aliphatic rings. The first-order valence-corrected chi connectivity index (χ1v) is 7.58. The van der Waals surface area contributed by atoms with E-state index in [2.05, 4.69) is 13.8 Å². The van der Waals surface area contributed by atoms with Crippen molar-refractivity contribution in [2.24, 2.45) is 11.8 Å². The summed E-state index contributed by atoms with van der Waals surface area (Å²) in [4.78, 5) is 0. The summed E-state index contributed by atoms with van der Waals surface area (Å²) in [6, 6.07) is 4.00. The van der Waals surface area contributed by atoms with Crippen molar-refractivity contribution in [3.05, 3.63) is 28.8 Å². The van der Waals surface area contributed by atoms with Crippen molar-refractivity contribution in [2.45, 2.75) is 58.0 Å². The quantitative estimate of drug-likeness (QED) is 0.842. The van der Waals surface area contributed by atoms with E-state index in [9.17, 15) is 10.2 Å². The summed E-state index contributed by atoms with van der Waals surface area (Å²) >= 11 is 0. The molecule has 2 nitrogen and oxygen atoms in total. The normalized spacial score (nSPS) is 22.3. The van der Waals surface area contributed by atoms with Gasteiger partial charge in [0.15, 0.2) is 0 Å². The van der Waals surface area contributed by atoms with Gasteiger partial charge in [0.05, 0.1) is 6.61 Å². The van der Waals surface area contributed by atoms with Crippen molar-refractivity contribution in [1.29, 1.82) is 0 Å². The fraction of sp³-hybridized carbons (Fsp3) is 0.647. The molecule has 0 bridgehead atoms. The van der Waals surface area contributed by atoms with Gasteiger partial charge in [-0.2, -0.15) is 0 Å². The zero-order chi connectivity index (χ0) is 13.6. The predicted molar refractivity (Wildman–Crippen MR) is 76.3 cm³/mol. The van der Waals surface area contributed by atoms with Gasteiger partial charge < -0.3 is 10.2 Å². The molecule has 3 rings (SSSR count). The molecular formula is C17H24O2. The lowest BCUT2D eigenvalue weighted by atomic mass is 9.86. The Balaban J connectivity index is 1.99. The van der Waals surface area contributed by atoms with Crippen LogP contribution in [0, 0.1) is 11.8 Å². The summed E-state index contributed by atoms with van der Waals surface area (Å²) in [5.74, 6) is 2.78. The van der Waals surface area contributed by atoms with Crippen LogP contribution in [0.3, 0.4) is 0 Å². The average Bonchev–Trinajstić information content (AvgIpc) is 3.30. The van der Waals surface area contributed by atoms with Crippen molar-refractivity contribution in [1.82, 2.24) is 0 Å². The Morgan fingerprint density at radius 1 is 1.00 bits per heavy atom. The van der Waals surface area contributed by atoms with E-state index >= 15 is 0 Å². The maximum absolute atomic E-state index is 10.6. The maximum atomic E-state index is 10.6. The Bertz CT molecular complexity index is 433. The molecule has 0 heterocycles. The Hall–Kier alpha value is -1.02. The van der Waals surface area contributed by atoms with E-state index < -0.39 is 0 Å². The van der Waals surface area contributed by atoms with Gasteiger partial charge in [-0.05, 0) is 78.2 Å². The molecule has 0 unspecified atom stereocenters. The number of aliphatic hydroxyl groups is 1. The topological polar surface area (TPSA) is 40.5 Å². The molecule has 19 heavy (non-hydrogen) atoms. The minimum atomic E-state index is 0.0645. The fourth-order valence-electron chi connectivity index (χ4n) is 3.23. The van der Waals surface area contributed by atoms with E-state index in [4.69, 9.17) is 0 Å². The van der Waals surface area contributed by atoms with Gasteiger partial charge in [-0.15, -0.1) is 0 Å². The molecule has 1 aromatic rings. The van der Waals surface area contributed by atoms with Crippen LogP contribution in [0.15, 0.2) is 12.1 Å². The van der Waals surface area contributed by atoms with Gasteiger partial charge in [-0.3, -0.25) is 0 Å². The van der Waals surface area contributed by atoms with Gasteiger partial charge in [0, 0.05) is 0 Å². The minimum absolute atomic E-state index is 0.0645. The zero-order valence-electron chi connectivity index (χ0n) is 11.9. The largest absolute Gasteiger partial charge is 0.507 e. The molecule has 2 fully saturated rings. The number of aliphatic hydroxyl groups excluding tert-OH is 1. The third-order valence-corrected chi connectivity index (χ3v) is 5.05. The molecule has 0 aliphatic heterocycles. The van der Waals surface area contributed by atoms with E-state index in [0.29, 0.717) is 17.6 Å². The molecule has 1 aromatic carbocycles. The summed E-state index contributed by atoms with van der Waals surface area (Å²) in [7, 11) is 0. The number of phenols is 1. The molecule has 104 valence electrons. The lowest BCUT2D eigenvalue weighted by Crippen LogP contribution is -2.04. The van der Waals surface area contributed by atoms with E-state index in [1.54, 1.807) is 0 Å². The van der Waals surface area contributed by atoms with Crippen LogP contribution in [-0.2, 0) is 6.61 Å².